The van der Waals surface area contributed by atoms with Gasteiger partial charge in [-0.1, -0.05) is 0 Å². The highest BCUT2D eigenvalue weighted by atomic mass is 35.5. The number of carboxylic acid groups (broad SMARTS) is 1. The van der Waals surface area contributed by atoms with Gasteiger partial charge < -0.3 is 10.2 Å². The summed E-state index contributed by atoms with van der Waals surface area (Å²) in [5.41, 5.74) is 0. The number of hydrogen-bond donors (Lipinski definition) is 2. The molecule has 0 aromatic rings. The third kappa shape index (κ3) is 2.89. The van der Waals surface area contributed by atoms with Gasteiger partial charge in [-0.15, -0.1) is 23.2 Å². The molecular weight excluding hydrogens is 167 g/mol. The van der Waals surface area contributed by atoms with Crippen LogP contribution < -0.4 is 0 Å². The van der Waals surface area contributed by atoms with E-state index in [1.807, 2.05) is 0 Å². The molecule has 0 aliphatic carbocycles. The number of rotatable bonds is 3. The van der Waals surface area contributed by atoms with Crippen LogP contribution in [0.4, 0.5) is 0 Å². The molecule has 0 spiro atoms. The predicted octanol–water partition coefficient (Wildman–Crippen LogP) is 0.278. The van der Waals surface area contributed by atoms with Crippen LogP contribution in [-0.2, 0) is 4.79 Å². The number of aliphatic carboxylic acids is 1. The molecule has 0 aliphatic heterocycles. The normalized spacial score (nSPS) is 16.8. The van der Waals surface area contributed by atoms with Crippen molar-refractivity contribution >= 4 is 29.2 Å². The van der Waals surface area contributed by atoms with Crippen LogP contribution in [0, 0.1) is 0 Å². The minimum absolute atomic E-state index is 0.166. The van der Waals surface area contributed by atoms with Crippen molar-refractivity contribution in [2.24, 2.45) is 0 Å². The Morgan fingerprint density at radius 2 is 2.11 bits per heavy atom. The Balaban J connectivity index is 3.72. The Hall–Kier alpha value is 0.01000. The molecule has 2 atom stereocenters. The zero-order chi connectivity index (χ0) is 7.44. The van der Waals surface area contributed by atoms with E-state index in [0.717, 1.165) is 0 Å². The maximum atomic E-state index is 9.95. The molecule has 0 aromatic heterocycles. The summed E-state index contributed by atoms with van der Waals surface area (Å²) in [5.74, 6) is -1.43. The van der Waals surface area contributed by atoms with Crippen LogP contribution in [0.25, 0.3) is 0 Å². The summed E-state index contributed by atoms with van der Waals surface area (Å²) in [6.07, 6.45) is -1.18. The van der Waals surface area contributed by atoms with E-state index in [1.54, 1.807) is 0 Å². The number of aliphatic hydroxyl groups excluding tert-OH is 1. The smallest absolute Gasteiger partial charge is 0.324 e. The molecule has 0 amide bonds. The predicted molar refractivity (Wildman–Crippen MR) is 34.0 cm³/mol. The van der Waals surface area contributed by atoms with Gasteiger partial charge in [0.1, 0.15) is 0 Å². The topological polar surface area (TPSA) is 57.5 Å². The summed E-state index contributed by atoms with van der Waals surface area (Å²) in [6, 6.07) is 0. The van der Waals surface area contributed by atoms with E-state index in [-0.39, 0.29) is 5.88 Å². The summed E-state index contributed by atoms with van der Waals surface area (Å²) in [7, 11) is 0. The number of carboxylic acids is 1. The lowest BCUT2D eigenvalue weighted by Crippen LogP contribution is -2.29. The van der Waals surface area contributed by atoms with Crippen LogP contribution in [0.2, 0.25) is 0 Å². The largest absolute Gasteiger partial charge is 0.480 e. The zero-order valence-corrected chi connectivity index (χ0v) is 5.93. The first kappa shape index (κ1) is 9.01. The Labute approximate surface area is 62.2 Å². The maximum absolute atomic E-state index is 9.95. The SMILES string of the molecule is O=C(O)[C@H](Cl)[C@@H](O)CCl. The molecular formula is C4H6Cl2O3. The summed E-state index contributed by atoms with van der Waals surface area (Å²) >= 11 is 10.2. The second-order valence-electron chi connectivity index (χ2n) is 1.46. The Kier molecular flexibility index (Phi) is 3.93. The van der Waals surface area contributed by atoms with E-state index in [0.29, 0.717) is 0 Å². The van der Waals surface area contributed by atoms with Crippen molar-refractivity contribution in [1.82, 2.24) is 0 Å². The van der Waals surface area contributed by atoms with E-state index in [9.17, 15) is 4.79 Å². The van der Waals surface area contributed by atoms with E-state index in [1.165, 1.54) is 0 Å². The molecule has 54 valence electrons. The van der Waals surface area contributed by atoms with Crippen molar-refractivity contribution in [2.75, 3.05) is 5.88 Å². The molecule has 0 fully saturated rings. The Bertz CT molecular complexity index is 106. The van der Waals surface area contributed by atoms with Crippen LogP contribution in [-0.4, -0.2) is 33.5 Å². The van der Waals surface area contributed by atoms with Crippen molar-refractivity contribution in [3.8, 4) is 0 Å². The summed E-state index contributed by atoms with van der Waals surface area (Å²) in [4.78, 5) is 9.95. The average molecular weight is 173 g/mol. The van der Waals surface area contributed by atoms with Gasteiger partial charge in [0.2, 0.25) is 0 Å². The molecule has 3 nitrogen and oxygen atoms in total. The monoisotopic (exact) mass is 172 g/mol. The van der Waals surface area contributed by atoms with Gasteiger partial charge in [0.25, 0.3) is 0 Å². The number of halogens is 2. The number of alkyl halides is 2. The van der Waals surface area contributed by atoms with Gasteiger partial charge in [-0.25, -0.2) is 0 Å². The second-order valence-corrected chi connectivity index (χ2v) is 2.24. The van der Waals surface area contributed by atoms with Gasteiger partial charge in [-0.2, -0.15) is 0 Å². The van der Waals surface area contributed by atoms with Gasteiger partial charge in [-0.05, 0) is 0 Å². The van der Waals surface area contributed by atoms with Crippen LogP contribution in [0.1, 0.15) is 0 Å². The van der Waals surface area contributed by atoms with Gasteiger partial charge in [-0.3, -0.25) is 4.79 Å². The summed E-state index contributed by atoms with van der Waals surface area (Å²) in [6.45, 7) is 0. The molecule has 0 saturated carbocycles. The maximum Gasteiger partial charge on any atom is 0.324 e. The van der Waals surface area contributed by atoms with Gasteiger partial charge in [0, 0.05) is 0 Å². The fourth-order valence-corrected chi connectivity index (χ4v) is 0.601. The zero-order valence-electron chi connectivity index (χ0n) is 4.42. The molecule has 0 bridgehead atoms. The quantitative estimate of drug-likeness (QED) is 0.602. The Morgan fingerprint density at radius 3 is 2.22 bits per heavy atom. The molecule has 0 radical (unpaired) electrons. The first-order chi connectivity index (χ1) is 4.09. The molecule has 0 aliphatic rings. The van der Waals surface area contributed by atoms with Gasteiger partial charge in [0.05, 0.1) is 12.0 Å². The molecule has 5 heteroatoms. The van der Waals surface area contributed by atoms with Crippen LogP contribution in [0.15, 0.2) is 0 Å². The average Bonchev–Trinajstić information content (AvgIpc) is 1.84. The van der Waals surface area contributed by atoms with Crippen molar-refractivity contribution in [3.05, 3.63) is 0 Å². The first-order valence-electron chi connectivity index (χ1n) is 2.20. The third-order valence-corrected chi connectivity index (χ3v) is 1.53. The number of hydrogen-bond acceptors (Lipinski definition) is 2. The number of aliphatic hydroxyl groups is 1. The highest BCUT2D eigenvalue weighted by molar-refractivity contribution is 6.30. The van der Waals surface area contributed by atoms with E-state index >= 15 is 0 Å². The lowest BCUT2D eigenvalue weighted by molar-refractivity contribution is -0.138. The fraction of sp³-hybridized carbons (Fsp3) is 0.750. The van der Waals surface area contributed by atoms with Crippen molar-refractivity contribution in [2.45, 2.75) is 11.5 Å². The standard InChI is InChI=1S/C4H6Cl2O3/c5-1-2(7)3(6)4(8)9/h2-3,7H,1H2,(H,8,9)/t2-,3+/m0/s1. The molecule has 9 heavy (non-hydrogen) atoms. The molecule has 0 saturated heterocycles. The summed E-state index contributed by atoms with van der Waals surface area (Å²) < 4.78 is 0. The molecule has 0 aromatic carbocycles. The lowest BCUT2D eigenvalue weighted by Gasteiger charge is -2.07. The molecule has 2 N–H and O–H groups in total. The molecule has 0 rings (SSSR count). The van der Waals surface area contributed by atoms with Crippen molar-refractivity contribution < 1.29 is 15.0 Å². The molecule has 0 unspecified atom stereocenters. The van der Waals surface area contributed by atoms with Crippen LogP contribution in [0.3, 0.4) is 0 Å². The van der Waals surface area contributed by atoms with Gasteiger partial charge >= 0.3 is 5.97 Å². The highest BCUT2D eigenvalue weighted by Gasteiger charge is 2.22. The fourth-order valence-electron chi connectivity index (χ4n) is 0.243. The van der Waals surface area contributed by atoms with E-state index < -0.39 is 17.5 Å². The Morgan fingerprint density at radius 1 is 1.67 bits per heavy atom. The van der Waals surface area contributed by atoms with E-state index in [2.05, 4.69) is 0 Å². The second kappa shape index (κ2) is 3.93. The first-order valence-corrected chi connectivity index (χ1v) is 3.17. The minimum Gasteiger partial charge on any atom is -0.480 e. The van der Waals surface area contributed by atoms with Gasteiger partial charge in [0.15, 0.2) is 5.38 Å². The van der Waals surface area contributed by atoms with Crippen molar-refractivity contribution in [1.29, 1.82) is 0 Å². The third-order valence-electron chi connectivity index (χ3n) is 0.732. The minimum atomic E-state index is -1.30. The highest BCUT2D eigenvalue weighted by Crippen LogP contribution is 2.03. The van der Waals surface area contributed by atoms with E-state index in [4.69, 9.17) is 33.4 Å². The number of carbonyl (C=O) groups is 1. The van der Waals surface area contributed by atoms with Crippen molar-refractivity contribution in [3.63, 3.8) is 0 Å². The van der Waals surface area contributed by atoms with Crippen LogP contribution in [0.5, 0.6) is 0 Å². The van der Waals surface area contributed by atoms with Crippen LogP contribution >= 0.6 is 23.2 Å². The lowest BCUT2D eigenvalue weighted by atomic mass is 10.3. The summed E-state index contributed by atoms with van der Waals surface area (Å²) in [5, 5.41) is 15.5. The molecule has 0 heterocycles.